The first-order chi connectivity index (χ1) is 15.2. The summed E-state index contributed by atoms with van der Waals surface area (Å²) in [7, 11) is -5.80. The van der Waals surface area contributed by atoms with Crippen LogP contribution in [0.5, 0.6) is 5.75 Å². The van der Waals surface area contributed by atoms with Crippen LogP contribution in [0, 0.1) is 17.2 Å². The maximum absolute atomic E-state index is 12.6. The molecule has 1 aromatic rings. The molecule has 0 N–H and O–H groups in total. The number of rotatable bonds is 12. The molecule has 0 unspecified atom stereocenters. The van der Waals surface area contributed by atoms with Crippen LogP contribution < -0.4 is 4.18 Å². The van der Waals surface area contributed by atoms with E-state index in [-0.39, 0.29) is 11.5 Å². The van der Waals surface area contributed by atoms with Gasteiger partial charge in [-0.3, -0.25) is 0 Å². The highest BCUT2D eigenvalue weighted by atomic mass is 32.2. The molecule has 0 aliphatic heterocycles. The molecule has 1 fully saturated rings. The average Bonchev–Trinajstić information content (AvgIpc) is 2.75. The van der Waals surface area contributed by atoms with E-state index in [1.807, 2.05) is 0 Å². The lowest BCUT2D eigenvalue weighted by atomic mass is 9.77. The molecule has 1 saturated carbocycles. The van der Waals surface area contributed by atoms with Crippen molar-refractivity contribution in [2.45, 2.75) is 102 Å². The molecule has 4 nitrogen and oxygen atoms in total. The summed E-state index contributed by atoms with van der Waals surface area (Å²) >= 11 is 0. The van der Waals surface area contributed by atoms with Gasteiger partial charge >= 0.3 is 15.6 Å². The zero-order valence-electron chi connectivity index (χ0n) is 18.8. The normalized spacial score (nSPS) is 19.5. The molecule has 0 bridgehead atoms. The summed E-state index contributed by atoms with van der Waals surface area (Å²) in [6, 6.07) is 5.95. The summed E-state index contributed by atoms with van der Waals surface area (Å²) < 4.78 is 64.3. The summed E-state index contributed by atoms with van der Waals surface area (Å²) in [5.41, 5.74) is -4.88. The van der Waals surface area contributed by atoms with Gasteiger partial charge in [0.2, 0.25) is 0 Å². The summed E-state index contributed by atoms with van der Waals surface area (Å²) in [4.78, 5) is 0. The van der Waals surface area contributed by atoms with Crippen LogP contribution in [0.2, 0.25) is 0 Å². The molecule has 1 aliphatic rings. The van der Waals surface area contributed by atoms with Gasteiger partial charge in [-0.05, 0) is 55.2 Å². The van der Waals surface area contributed by atoms with Crippen LogP contribution in [-0.2, 0) is 10.1 Å². The number of alkyl halides is 3. The number of hydrogen-bond acceptors (Lipinski definition) is 4. The van der Waals surface area contributed by atoms with Crippen molar-refractivity contribution in [3.05, 3.63) is 29.3 Å². The van der Waals surface area contributed by atoms with Crippen LogP contribution in [0.1, 0.15) is 107 Å². The van der Waals surface area contributed by atoms with Crippen LogP contribution in [0.25, 0.3) is 0 Å². The minimum Gasteiger partial charge on any atom is -0.375 e. The van der Waals surface area contributed by atoms with Gasteiger partial charge in [0.05, 0.1) is 5.56 Å². The van der Waals surface area contributed by atoms with Gasteiger partial charge in [0, 0.05) is 0 Å². The second-order valence-electron chi connectivity index (χ2n) is 8.83. The molecular formula is C24H34F3NO3S. The second-order valence-corrected chi connectivity index (χ2v) is 10.4. The fraction of sp³-hybridized carbons (Fsp3) is 0.708. The quantitative estimate of drug-likeness (QED) is 0.178. The molecule has 0 atom stereocenters. The second kappa shape index (κ2) is 12.5. The van der Waals surface area contributed by atoms with Crippen LogP contribution in [0.4, 0.5) is 13.2 Å². The topological polar surface area (TPSA) is 67.2 Å². The van der Waals surface area contributed by atoms with Gasteiger partial charge in [-0.1, -0.05) is 70.8 Å². The number of halogens is 3. The maximum Gasteiger partial charge on any atom is 0.534 e. The van der Waals surface area contributed by atoms with Crippen LogP contribution in [-0.4, -0.2) is 13.9 Å². The number of nitrogens with zero attached hydrogens (tertiary/aromatic N) is 1. The predicted octanol–water partition coefficient (Wildman–Crippen LogP) is 7.59. The smallest absolute Gasteiger partial charge is 0.375 e. The zero-order chi connectivity index (χ0) is 23.6. The number of benzene rings is 1. The number of hydrogen-bond donors (Lipinski definition) is 0. The van der Waals surface area contributed by atoms with Gasteiger partial charge in [-0.2, -0.15) is 26.9 Å². The summed E-state index contributed by atoms with van der Waals surface area (Å²) in [5.74, 6) is 0.350. The third-order valence-corrected chi connectivity index (χ3v) is 7.36. The summed E-state index contributed by atoms with van der Waals surface area (Å²) in [6.07, 6.45) is 15.9. The highest BCUT2D eigenvalue weighted by molar-refractivity contribution is 7.88. The van der Waals surface area contributed by atoms with Gasteiger partial charge in [0.25, 0.3) is 0 Å². The van der Waals surface area contributed by atoms with E-state index < -0.39 is 21.4 Å². The highest BCUT2D eigenvalue weighted by Crippen LogP contribution is 2.39. The molecule has 0 amide bonds. The lowest BCUT2D eigenvalue weighted by Crippen LogP contribution is -2.28. The Hall–Kier alpha value is -1.75. The summed E-state index contributed by atoms with van der Waals surface area (Å²) in [6.45, 7) is 2.23. The van der Waals surface area contributed by atoms with Crippen molar-refractivity contribution in [1.29, 1.82) is 5.26 Å². The van der Waals surface area contributed by atoms with Crippen molar-refractivity contribution in [3.8, 4) is 11.8 Å². The molecule has 0 aromatic heterocycles. The molecule has 0 heterocycles. The van der Waals surface area contributed by atoms with E-state index in [0.717, 1.165) is 37.3 Å². The largest absolute Gasteiger partial charge is 0.534 e. The molecule has 180 valence electrons. The monoisotopic (exact) mass is 473 g/mol. The Kier molecular flexibility index (Phi) is 10.3. The molecular weight excluding hydrogens is 439 g/mol. The molecule has 0 spiro atoms. The fourth-order valence-electron chi connectivity index (χ4n) is 4.48. The van der Waals surface area contributed by atoms with Crippen molar-refractivity contribution >= 4 is 10.1 Å². The standard InChI is InChI=1S/C24H34F3NO3S/c1-2-3-4-5-6-7-8-9-10-19-11-13-20(14-12-19)21-15-16-23(22(17-21)18-28)31-32(29,30)24(25,26)27/h15-17,19-20H,2-14H2,1H3. The Bertz CT molecular complexity index is 854. The fourth-order valence-corrected chi connectivity index (χ4v) is 4.95. The Morgan fingerprint density at radius 1 is 1.00 bits per heavy atom. The Morgan fingerprint density at radius 2 is 1.59 bits per heavy atom. The van der Waals surface area contributed by atoms with E-state index in [4.69, 9.17) is 0 Å². The van der Waals surface area contributed by atoms with E-state index in [0.29, 0.717) is 5.92 Å². The summed E-state index contributed by atoms with van der Waals surface area (Å²) in [5, 5.41) is 9.28. The van der Waals surface area contributed by atoms with Crippen molar-refractivity contribution in [1.82, 2.24) is 0 Å². The van der Waals surface area contributed by atoms with E-state index in [2.05, 4.69) is 11.1 Å². The number of nitriles is 1. The first kappa shape index (κ1) is 26.5. The van der Waals surface area contributed by atoms with Gasteiger partial charge in [0.1, 0.15) is 6.07 Å². The molecule has 0 saturated heterocycles. The van der Waals surface area contributed by atoms with Gasteiger partial charge in [-0.15, -0.1) is 0 Å². The highest BCUT2D eigenvalue weighted by Gasteiger charge is 2.48. The van der Waals surface area contributed by atoms with Gasteiger partial charge in [-0.25, -0.2) is 0 Å². The van der Waals surface area contributed by atoms with E-state index in [1.165, 1.54) is 63.9 Å². The first-order valence-corrected chi connectivity index (χ1v) is 13.1. The molecule has 2 rings (SSSR count). The lowest BCUT2D eigenvalue weighted by Gasteiger charge is -2.29. The zero-order valence-corrected chi connectivity index (χ0v) is 19.6. The van der Waals surface area contributed by atoms with Crippen molar-refractivity contribution in [2.75, 3.05) is 0 Å². The minimum absolute atomic E-state index is 0.198. The molecule has 8 heteroatoms. The lowest BCUT2D eigenvalue weighted by molar-refractivity contribution is -0.0500. The third-order valence-electron chi connectivity index (χ3n) is 6.39. The SMILES string of the molecule is CCCCCCCCCCC1CCC(c2ccc(OS(=O)(=O)C(F)(F)F)c(C#N)c2)CC1. The molecule has 0 radical (unpaired) electrons. The predicted molar refractivity (Wildman–Crippen MR) is 119 cm³/mol. The van der Waals surface area contributed by atoms with Crippen LogP contribution >= 0.6 is 0 Å². The van der Waals surface area contributed by atoms with E-state index >= 15 is 0 Å². The van der Waals surface area contributed by atoms with E-state index in [1.54, 1.807) is 12.1 Å². The Morgan fingerprint density at radius 3 is 2.16 bits per heavy atom. The molecule has 1 aromatic carbocycles. The third kappa shape index (κ3) is 7.99. The maximum atomic E-state index is 12.6. The van der Waals surface area contributed by atoms with Crippen molar-refractivity contribution in [2.24, 2.45) is 5.92 Å². The minimum atomic E-state index is -5.80. The van der Waals surface area contributed by atoms with Gasteiger partial charge in [0.15, 0.2) is 5.75 Å². The number of unbranched alkanes of at least 4 members (excludes halogenated alkanes) is 7. The first-order valence-electron chi connectivity index (χ1n) is 11.7. The Balaban J connectivity index is 1.81. The average molecular weight is 474 g/mol. The van der Waals surface area contributed by atoms with Crippen molar-refractivity contribution in [3.63, 3.8) is 0 Å². The van der Waals surface area contributed by atoms with Crippen molar-refractivity contribution < 1.29 is 25.8 Å². The molecule has 1 aliphatic carbocycles. The van der Waals surface area contributed by atoms with Crippen LogP contribution in [0.15, 0.2) is 18.2 Å². The van der Waals surface area contributed by atoms with Gasteiger partial charge < -0.3 is 4.18 Å². The van der Waals surface area contributed by atoms with Crippen LogP contribution in [0.3, 0.4) is 0 Å². The molecule has 32 heavy (non-hydrogen) atoms. The van der Waals surface area contributed by atoms with E-state index in [9.17, 15) is 26.9 Å². The Labute approximate surface area is 190 Å².